The number of aromatic nitrogens is 2. The molecule has 10 heteroatoms. The van der Waals surface area contributed by atoms with Crippen molar-refractivity contribution < 1.29 is 13.9 Å². The number of nitrogens with one attached hydrogen (secondary N) is 1. The topological polar surface area (TPSA) is 117 Å². The number of likely N-dealkylation sites (tertiary alicyclic amines) is 1. The number of nitriles is 1. The molecule has 0 saturated carbocycles. The van der Waals surface area contributed by atoms with Gasteiger partial charge in [-0.3, -0.25) is 9.69 Å². The number of benzene rings is 1. The minimum absolute atomic E-state index is 0.112. The number of halogens is 1. The second-order valence-corrected chi connectivity index (χ2v) is 8.68. The Morgan fingerprint density at radius 1 is 1.47 bits per heavy atom. The number of thiophene rings is 1. The Bertz CT molecular complexity index is 1190. The molecule has 0 aliphatic carbocycles. The first-order chi connectivity index (χ1) is 15.5. The zero-order valence-electron chi connectivity index (χ0n) is 17.6. The van der Waals surface area contributed by atoms with Crippen LogP contribution in [-0.4, -0.2) is 46.5 Å². The average molecular weight is 455 g/mol. The summed E-state index contributed by atoms with van der Waals surface area (Å²) in [5.41, 5.74) is 6.75. The Morgan fingerprint density at radius 2 is 2.31 bits per heavy atom. The summed E-state index contributed by atoms with van der Waals surface area (Å²) in [6.45, 7) is 4.10. The van der Waals surface area contributed by atoms with Crippen molar-refractivity contribution in [3.05, 3.63) is 40.8 Å². The monoisotopic (exact) mass is 454 g/mol. The summed E-state index contributed by atoms with van der Waals surface area (Å²) in [4.78, 5) is 23.6. The number of amides is 1. The lowest BCUT2D eigenvalue weighted by atomic mass is 10.1. The van der Waals surface area contributed by atoms with Gasteiger partial charge in [0.2, 0.25) is 0 Å². The minimum Gasteiger partial charge on any atom is -0.487 e. The van der Waals surface area contributed by atoms with Crippen molar-refractivity contribution in [2.45, 2.75) is 32.3 Å². The van der Waals surface area contributed by atoms with E-state index in [0.717, 1.165) is 19.4 Å². The van der Waals surface area contributed by atoms with Crippen LogP contribution in [0.3, 0.4) is 0 Å². The van der Waals surface area contributed by atoms with Gasteiger partial charge >= 0.3 is 0 Å². The Labute approximate surface area is 188 Å². The molecule has 2 aromatic heterocycles. The molecule has 1 unspecified atom stereocenters. The number of primary amides is 1. The van der Waals surface area contributed by atoms with E-state index in [1.165, 1.54) is 29.8 Å². The van der Waals surface area contributed by atoms with E-state index in [4.69, 9.17) is 15.7 Å². The molecule has 0 radical (unpaired) electrons. The molecule has 3 N–H and O–H groups in total. The van der Waals surface area contributed by atoms with E-state index in [-0.39, 0.29) is 6.10 Å². The van der Waals surface area contributed by atoms with Crippen molar-refractivity contribution in [1.82, 2.24) is 14.9 Å². The fourth-order valence-corrected chi connectivity index (χ4v) is 4.93. The molecule has 4 rings (SSSR count). The maximum Gasteiger partial charge on any atom is 0.259 e. The summed E-state index contributed by atoms with van der Waals surface area (Å²) in [6.07, 6.45) is 3.56. The van der Waals surface area contributed by atoms with Gasteiger partial charge in [-0.2, -0.15) is 5.26 Å². The molecule has 1 aliphatic rings. The largest absolute Gasteiger partial charge is 0.487 e. The van der Waals surface area contributed by atoms with Crippen LogP contribution >= 0.6 is 11.3 Å². The molecule has 166 valence electrons. The maximum absolute atomic E-state index is 14.1. The van der Waals surface area contributed by atoms with E-state index in [9.17, 15) is 9.18 Å². The number of nitrogens with two attached hydrogens (primary N) is 1. The molecular formula is C22H23FN6O2S. The summed E-state index contributed by atoms with van der Waals surface area (Å²) in [6, 6.07) is 6.47. The normalized spacial score (nSPS) is 16.6. The standard InChI is InChI=1S/C22H23FN6O2S/c1-13-18-21(26-12-27-22(18)32-19(13)20(25)30)28-16-6-5-14(23)10-17(16)31-15-4-2-8-29(11-15)9-3-7-24/h5-6,10,12,15H,2-4,8-9,11H2,1H3,(H2,25,30)(H,26,27,28). The number of rotatable bonds is 7. The molecule has 3 aromatic rings. The Kier molecular flexibility index (Phi) is 6.48. The SMILES string of the molecule is Cc1c(C(N)=O)sc2ncnc(Nc3ccc(F)cc3OC3CCCN(CCC#N)C3)c12. The van der Waals surface area contributed by atoms with Crippen LogP contribution in [0.15, 0.2) is 24.5 Å². The molecule has 1 saturated heterocycles. The number of hydrogen-bond donors (Lipinski definition) is 2. The van der Waals surface area contributed by atoms with Crippen LogP contribution in [0.25, 0.3) is 10.2 Å². The van der Waals surface area contributed by atoms with Gasteiger partial charge in [0.25, 0.3) is 5.91 Å². The summed E-state index contributed by atoms with van der Waals surface area (Å²) in [5, 5.41) is 12.8. The number of carbonyl (C=O) groups is 1. The predicted molar refractivity (Wildman–Crippen MR) is 121 cm³/mol. The van der Waals surface area contributed by atoms with Gasteiger partial charge in [0.1, 0.15) is 34.6 Å². The fourth-order valence-electron chi connectivity index (χ4n) is 3.93. The minimum atomic E-state index is -0.513. The van der Waals surface area contributed by atoms with Crippen LogP contribution in [-0.2, 0) is 0 Å². The third-order valence-corrected chi connectivity index (χ3v) is 6.66. The molecule has 0 spiro atoms. The number of nitrogens with zero attached hydrogens (tertiary/aromatic N) is 4. The summed E-state index contributed by atoms with van der Waals surface area (Å²) in [5.74, 6) is -0.0438. The van der Waals surface area contributed by atoms with Crippen LogP contribution < -0.4 is 15.8 Å². The van der Waals surface area contributed by atoms with E-state index in [0.29, 0.717) is 57.4 Å². The van der Waals surface area contributed by atoms with E-state index < -0.39 is 11.7 Å². The highest BCUT2D eigenvalue weighted by Crippen LogP contribution is 2.36. The van der Waals surface area contributed by atoms with Crippen molar-refractivity contribution in [2.24, 2.45) is 5.73 Å². The number of piperidine rings is 1. The third-order valence-electron chi connectivity index (χ3n) is 5.44. The van der Waals surface area contributed by atoms with Crippen LogP contribution in [0.1, 0.15) is 34.5 Å². The molecule has 32 heavy (non-hydrogen) atoms. The number of anilines is 2. The Hall–Kier alpha value is -3.29. The van der Waals surface area contributed by atoms with Crippen molar-refractivity contribution >= 4 is 39.0 Å². The predicted octanol–water partition coefficient (Wildman–Crippen LogP) is 3.74. The highest BCUT2D eigenvalue weighted by atomic mass is 32.1. The maximum atomic E-state index is 14.1. The zero-order valence-corrected chi connectivity index (χ0v) is 18.4. The smallest absolute Gasteiger partial charge is 0.259 e. The van der Waals surface area contributed by atoms with Crippen LogP contribution in [0.4, 0.5) is 15.9 Å². The van der Waals surface area contributed by atoms with Crippen molar-refractivity contribution in [2.75, 3.05) is 25.0 Å². The van der Waals surface area contributed by atoms with E-state index in [1.54, 1.807) is 13.0 Å². The van der Waals surface area contributed by atoms with Gasteiger partial charge in [-0.05, 0) is 44.0 Å². The van der Waals surface area contributed by atoms with Crippen molar-refractivity contribution in [3.63, 3.8) is 0 Å². The highest BCUT2D eigenvalue weighted by molar-refractivity contribution is 7.20. The molecule has 1 atom stereocenters. The second kappa shape index (κ2) is 9.46. The van der Waals surface area contributed by atoms with Crippen molar-refractivity contribution in [1.29, 1.82) is 5.26 Å². The molecule has 1 amide bonds. The van der Waals surface area contributed by atoms with Crippen LogP contribution in [0.5, 0.6) is 5.75 Å². The van der Waals surface area contributed by atoms with Gasteiger partial charge in [0, 0.05) is 25.6 Å². The van der Waals surface area contributed by atoms with Gasteiger partial charge in [0.15, 0.2) is 0 Å². The lowest BCUT2D eigenvalue weighted by molar-refractivity contribution is 0.0902. The second-order valence-electron chi connectivity index (χ2n) is 7.68. The van der Waals surface area contributed by atoms with E-state index in [2.05, 4.69) is 26.3 Å². The lowest BCUT2D eigenvalue weighted by Crippen LogP contribution is -2.41. The highest BCUT2D eigenvalue weighted by Gasteiger charge is 2.23. The molecule has 3 heterocycles. The Morgan fingerprint density at radius 3 is 3.09 bits per heavy atom. The van der Waals surface area contributed by atoms with E-state index >= 15 is 0 Å². The summed E-state index contributed by atoms with van der Waals surface area (Å²) >= 11 is 1.21. The van der Waals surface area contributed by atoms with Crippen LogP contribution in [0.2, 0.25) is 0 Å². The van der Waals surface area contributed by atoms with Gasteiger partial charge < -0.3 is 15.8 Å². The molecular weight excluding hydrogens is 431 g/mol. The zero-order chi connectivity index (χ0) is 22.7. The first kappa shape index (κ1) is 21.9. The number of carbonyl (C=O) groups excluding carboxylic acids is 1. The molecule has 1 aliphatic heterocycles. The molecule has 0 bridgehead atoms. The number of ether oxygens (including phenoxy) is 1. The Balaban J connectivity index is 1.61. The van der Waals surface area contributed by atoms with E-state index in [1.807, 2.05) is 0 Å². The quantitative estimate of drug-likeness (QED) is 0.558. The number of fused-ring (bicyclic) bond motifs is 1. The average Bonchev–Trinajstić information content (AvgIpc) is 3.12. The van der Waals surface area contributed by atoms with Gasteiger partial charge in [-0.1, -0.05) is 0 Å². The summed E-state index contributed by atoms with van der Waals surface area (Å²) in [7, 11) is 0. The first-order valence-corrected chi connectivity index (χ1v) is 11.1. The first-order valence-electron chi connectivity index (χ1n) is 10.3. The van der Waals surface area contributed by atoms with Crippen molar-refractivity contribution in [3.8, 4) is 11.8 Å². The molecule has 1 fully saturated rings. The number of hydrogen-bond acceptors (Lipinski definition) is 8. The lowest BCUT2D eigenvalue weighted by Gasteiger charge is -2.32. The third kappa shape index (κ3) is 4.64. The molecule has 8 nitrogen and oxygen atoms in total. The molecule has 1 aromatic carbocycles. The van der Waals surface area contributed by atoms with Crippen LogP contribution in [0, 0.1) is 24.1 Å². The number of aryl methyl sites for hydroxylation is 1. The van der Waals surface area contributed by atoms with Gasteiger partial charge in [-0.15, -0.1) is 11.3 Å². The van der Waals surface area contributed by atoms with Gasteiger partial charge in [-0.25, -0.2) is 14.4 Å². The van der Waals surface area contributed by atoms with Gasteiger partial charge in [0.05, 0.1) is 22.0 Å². The summed E-state index contributed by atoms with van der Waals surface area (Å²) < 4.78 is 20.3. The fraction of sp³-hybridized carbons (Fsp3) is 0.364.